The van der Waals surface area contributed by atoms with Gasteiger partial charge in [-0.1, -0.05) is 43.8 Å². The SMILES string of the molecule is CCc1cccc(C)c1NC1=NC(C)C(C)CS1. The van der Waals surface area contributed by atoms with Gasteiger partial charge < -0.3 is 5.32 Å². The lowest BCUT2D eigenvalue weighted by Gasteiger charge is -2.24. The van der Waals surface area contributed by atoms with Crippen LogP contribution in [-0.4, -0.2) is 17.0 Å². The van der Waals surface area contributed by atoms with Gasteiger partial charge in [0, 0.05) is 11.4 Å². The van der Waals surface area contributed by atoms with Crippen LogP contribution in [0.25, 0.3) is 0 Å². The maximum atomic E-state index is 4.74. The van der Waals surface area contributed by atoms with Gasteiger partial charge in [-0.15, -0.1) is 0 Å². The monoisotopic (exact) mass is 262 g/mol. The largest absolute Gasteiger partial charge is 0.335 e. The van der Waals surface area contributed by atoms with Crippen molar-refractivity contribution in [1.82, 2.24) is 0 Å². The summed E-state index contributed by atoms with van der Waals surface area (Å²) in [4.78, 5) is 4.74. The molecule has 1 aromatic carbocycles. The van der Waals surface area contributed by atoms with E-state index in [1.807, 2.05) is 11.8 Å². The van der Waals surface area contributed by atoms with Gasteiger partial charge in [-0.25, -0.2) is 0 Å². The minimum atomic E-state index is 0.419. The molecule has 1 heterocycles. The number of benzene rings is 1. The summed E-state index contributed by atoms with van der Waals surface area (Å²) in [7, 11) is 0. The van der Waals surface area contributed by atoms with E-state index in [1.165, 1.54) is 16.8 Å². The van der Waals surface area contributed by atoms with E-state index in [0.717, 1.165) is 17.3 Å². The minimum absolute atomic E-state index is 0.419. The molecule has 2 rings (SSSR count). The molecule has 1 aromatic rings. The van der Waals surface area contributed by atoms with E-state index in [2.05, 4.69) is 51.2 Å². The molecular formula is C15H22N2S. The normalized spacial score (nSPS) is 23.7. The number of aryl methyl sites for hydroxylation is 2. The molecule has 2 nitrogen and oxygen atoms in total. The molecule has 1 aliphatic rings. The molecule has 3 heteroatoms. The van der Waals surface area contributed by atoms with Crippen molar-refractivity contribution in [3.63, 3.8) is 0 Å². The Morgan fingerprint density at radius 1 is 1.39 bits per heavy atom. The summed E-state index contributed by atoms with van der Waals surface area (Å²) in [6.07, 6.45) is 1.05. The molecule has 2 atom stereocenters. The number of hydrogen-bond acceptors (Lipinski definition) is 3. The number of thioether (sulfide) groups is 1. The third kappa shape index (κ3) is 2.89. The molecule has 2 unspecified atom stereocenters. The number of nitrogens with one attached hydrogen (secondary N) is 1. The van der Waals surface area contributed by atoms with Crippen LogP contribution in [0.4, 0.5) is 5.69 Å². The van der Waals surface area contributed by atoms with Crippen LogP contribution in [0.2, 0.25) is 0 Å². The molecule has 0 saturated carbocycles. The third-order valence-electron chi connectivity index (χ3n) is 3.60. The summed E-state index contributed by atoms with van der Waals surface area (Å²) >= 11 is 1.84. The van der Waals surface area contributed by atoms with Crippen LogP contribution in [0.3, 0.4) is 0 Å². The molecule has 0 aromatic heterocycles. The van der Waals surface area contributed by atoms with Gasteiger partial charge in [-0.05, 0) is 37.3 Å². The summed E-state index contributed by atoms with van der Waals surface area (Å²) in [5.41, 5.74) is 3.90. The molecule has 1 N–H and O–H groups in total. The first-order valence-corrected chi connectivity index (χ1v) is 7.66. The summed E-state index contributed by atoms with van der Waals surface area (Å²) in [6, 6.07) is 6.89. The fourth-order valence-corrected chi connectivity index (χ4v) is 3.19. The van der Waals surface area contributed by atoms with Gasteiger partial charge in [0.25, 0.3) is 0 Å². The Kier molecular flexibility index (Phi) is 4.33. The van der Waals surface area contributed by atoms with Crippen LogP contribution >= 0.6 is 11.8 Å². The standard InChI is InChI=1S/C15H22N2S/c1-5-13-8-6-7-10(2)14(13)17-15-16-12(4)11(3)9-18-15/h6-8,11-12H,5,9H2,1-4H3,(H,16,17). The molecule has 18 heavy (non-hydrogen) atoms. The summed E-state index contributed by atoms with van der Waals surface area (Å²) in [5.74, 6) is 1.82. The molecule has 0 radical (unpaired) electrons. The molecule has 0 aliphatic carbocycles. The Hall–Kier alpha value is -0.960. The van der Waals surface area contributed by atoms with Gasteiger partial charge in [-0.3, -0.25) is 4.99 Å². The highest BCUT2D eigenvalue weighted by atomic mass is 32.2. The molecule has 0 fully saturated rings. The lowest BCUT2D eigenvalue weighted by Crippen LogP contribution is -2.25. The van der Waals surface area contributed by atoms with Crippen molar-refractivity contribution in [2.45, 2.75) is 40.2 Å². The molecule has 0 saturated heterocycles. The van der Waals surface area contributed by atoms with Crippen molar-refractivity contribution in [2.24, 2.45) is 10.9 Å². The topological polar surface area (TPSA) is 24.4 Å². The molecule has 0 spiro atoms. The van der Waals surface area contributed by atoms with Crippen molar-refractivity contribution in [1.29, 1.82) is 0 Å². The fraction of sp³-hybridized carbons (Fsp3) is 0.533. The van der Waals surface area contributed by atoms with Crippen molar-refractivity contribution in [3.05, 3.63) is 29.3 Å². The van der Waals surface area contributed by atoms with E-state index in [0.29, 0.717) is 12.0 Å². The highest BCUT2D eigenvalue weighted by Crippen LogP contribution is 2.27. The maximum Gasteiger partial charge on any atom is 0.161 e. The molecule has 0 bridgehead atoms. The fourth-order valence-electron chi connectivity index (χ4n) is 2.08. The Morgan fingerprint density at radius 3 is 2.83 bits per heavy atom. The number of para-hydroxylation sites is 1. The van der Waals surface area contributed by atoms with Gasteiger partial charge in [0.05, 0.1) is 6.04 Å². The van der Waals surface area contributed by atoms with Gasteiger partial charge >= 0.3 is 0 Å². The van der Waals surface area contributed by atoms with Crippen LogP contribution in [0.1, 0.15) is 31.9 Å². The summed E-state index contributed by atoms with van der Waals surface area (Å²) in [5, 5.41) is 4.61. The first kappa shape index (κ1) is 13.5. The second kappa shape index (κ2) is 5.79. The van der Waals surface area contributed by atoms with E-state index >= 15 is 0 Å². The van der Waals surface area contributed by atoms with Crippen molar-refractivity contribution in [2.75, 3.05) is 11.1 Å². The molecule has 98 valence electrons. The van der Waals surface area contributed by atoms with E-state index in [9.17, 15) is 0 Å². The number of hydrogen-bond donors (Lipinski definition) is 1. The predicted molar refractivity (Wildman–Crippen MR) is 82.7 cm³/mol. The zero-order valence-electron chi connectivity index (χ0n) is 11.7. The first-order valence-electron chi connectivity index (χ1n) is 6.68. The van der Waals surface area contributed by atoms with E-state index in [4.69, 9.17) is 4.99 Å². The summed E-state index contributed by atoms with van der Waals surface area (Å²) < 4.78 is 0. The maximum absolute atomic E-state index is 4.74. The van der Waals surface area contributed by atoms with Gasteiger partial charge in [0.15, 0.2) is 5.17 Å². The van der Waals surface area contributed by atoms with Crippen molar-refractivity contribution >= 4 is 22.6 Å². The molecule has 0 amide bonds. The van der Waals surface area contributed by atoms with E-state index < -0.39 is 0 Å². The Labute approximate surface area is 114 Å². The quantitative estimate of drug-likeness (QED) is 0.868. The van der Waals surface area contributed by atoms with Crippen molar-refractivity contribution in [3.8, 4) is 0 Å². The van der Waals surface area contributed by atoms with E-state index in [-0.39, 0.29) is 0 Å². The second-order valence-electron chi connectivity index (χ2n) is 5.05. The lowest BCUT2D eigenvalue weighted by atomic mass is 10.1. The van der Waals surface area contributed by atoms with Crippen molar-refractivity contribution < 1.29 is 0 Å². The minimum Gasteiger partial charge on any atom is -0.335 e. The Morgan fingerprint density at radius 2 is 2.17 bits per heavy atom. The molecular weight excluding hydrogens is 240 g/mol. The zero-order chi connectivity index (χ0) is 13.1. The Bertz CT molecular complexity index is 454. The van der Waals surface area contributed by atoms with Crippen LogP contribution < -0.4 is 5.32 Å². The average Bonchev–Trinajstić information content (AvgIpc) is 2.36. The number of amidine groups is 1. The van der Waals surface area contributed by atoms with Crippen LogP contribution in [0.15, 0.2) is 23.2 Å². The number of rotatable bonds is 2. The van der Waals surface area contributed by atoms with E-state index in [1.54, 1.807) is 0 Å². The number of aliphatic imine (C=N–C) groups is 1. The summed E-state index contributed by atoms with van der Waals surface area (Å²) in [6.45, 7) is 8.82. The van der Waals surface area contributed by atoms with Gasteiger partial charge in [0.2, 0.25) is 0 Å². The highest BCUT2D eigenvalue weighted by Gasteiger charge is 2.19. The molecule has 1 aliphatic heterocycles. The Balaban J connectivity index is 2.22. The average molecular weight is 262 g/mol. The van der Waals surface area contributed by atoms with Gasteiger partial charge in [0.1, 0.15) is 0 Å². The number of anilines is 1. The van der Waals surface area contributed by atoms with Crippen LogP contribution in [0, 0.1) is 12.8 Å². The lowest BCUT2D eigenvalue weighted by molar-refractivity contribution is 0.537. The first-order chi connectivity index (χ1) is 8.61. The third-order valence-corrected chi connectivity index (χ3v) is 4.77. The second-order valence-corrected chi connectivity index (χ2v) is 6.06. The van der Waals surface area contributed by atoms with Gasteiger partial charge in [-0.2, -0.15) is 0 Å². The zero-order valence-corrected chi connectivity index (χ0v) is 12.5. The predicted octanol–water partition coefficient (Wildman–Crippen LogP) is 4.10. The van der Waals surface area contributed by atoms with Crippen LogP contribution in [0.5, 0.6) is 0 Å². The highest BCUT2D eigenvalue weighted by molar-refractivity contribution is 8.14. The smallest absolute Gasteiger partial charge is 0.161 e. The number of nitrogens with zero attached hydrogens (tertiary/aromatic N) is 1. The van der Waals surface area contributed by atoms with Crippen LogP contribution in [-0.2, 0) is 6.42 Å².